The number of aryl methyl sites for hydroxylation is 1. The van der Waals surface area contributed by atoms with Gasteiger partial charge in [-0.1, -0.05) is 35.9 Å². The molecule has 6 heteroatoms. The van der Waals surface area contributed by atoms with Crippen LogP contribution in [0.1, 0.15) is 27.3 Å². The third-order valence-electron chi connectivity index (χ3n) is 4.63. The molecule has 0 saturated carbocycles. The Morgan fingerprint density at radius 3 is 2.89 bits per heavy atom. The molecule has 4 rings (SSSR count). The number of aromatic nitrogens is 2. The predicted octanol–water partition coefficient (Wildman–Crippen LogP) is 5.19. The zero-order valence-corrected chi connectivity index (χ0v) is 17.9. The summed E-state index contributed by atoms with van der Waals surface area (Å²) in [6, 6.07) is 16.2. The highest BCUT2D eigenvalue weighted by atomic mass is 79.9. The van der Waals surface area contributed by atoms with Crippen molar-refractivity contribution in [3.8, 4) is 0 Å². The smallest absolute Gasteiger partial charge is 0.267 e. The van der Waals surface area contributed by atoms with Crippen LogP contribution in [0.3, 0.4) is 0 Å². The standard InChI is InChI=1S/C22H20BrN3OS/c1-15-5-4-6-16(11-15)13-26-19(12-20-21(26)18(23)14-28-20)22(27)25-10-8-17-7-2-3-9-24-17/h2-7,9,11-12,14H,8,10,13H2,1H3,(H,25,27). The molecule has 4 nitrogen and oxygen atoms in total. The van der Waals surface area contributed by atoms with Gasteiger partial charge in [0.2, 0.25) is 0 Å². The molecule has 0 radical (unpaired) electrons. The molecule has 28 heavy (non-hydrogen) atoms. The number of thiophene rings is 1. The van der Waals surface area contributed by atoms with Crippen molar-refractivity contribution in [1.29, 1.82) is 0 Å². The second-order valence-corrected chi connectivity index (χ2v) is 8.49. The van der Waals surface area contributed by atoms with E-state index in [4.69, 9.17) is 0 Å². The molecule has 0 aliphatic heterocycles. The van der Waals surface area contributed by atoms with Crippen LogP contribution in [0.4, 0.5) is 0 Å². The third kappa shape index (κ3) is 4.03. The molecule has 0 aliphatic carbocycles. The van der Waals surface area contributed by atoms with Gasteiger partial charge in [-0.3, -0.25) is 9.78 Å². The minimum Gasteiger partial charge on any atom is -0.350 e. The predicted molar refractivity (Wildman–Crippen MR) is 118 cm³/mol. The van der Waals surface area contributed by atoms with Gasteiger partial charge >= 0.3 is 0 Å². The molecular formula is C22H20BrN3OS. The summed E-state index contributed by atoms with van der Waals surface area (Å²) in [4.78, 5) is 17.2. The van der Waals surface area contributed by atoms with Gasteiger partial charge in [0.15, 0.2) is 0 Å². The average molecular weight is 454 g/mol. The fourth-order valence-corrected chi connectivity index (χ4v) is 5.01. The molecule has 1 N–H and O–H groups in total. The summed E-state index contributed by atoms with van der Waals surface area (Å²) >= 11 is 5.28. The van der Waals surface area contributed by atoms with Crippen molar-refractivity contribution in [1.82, 2.24) is 14.9 Å². The van der Waals surface area contributed by atoms with E-state index in [-0.39, 0.29) is 5.91 Å². The first-order chi connectivity index (χ1) is 13.6. The van der Waals surface area contributed by atoms with Crippen molar-refractivity contribution < 1.29 is 4.79 Å². The first-order valence-corrected chi connectivity index (χ1v) is 10.8. The van der Waals surface area contributed by atoms with Gasteiger partial charge < -0.3 is 9.88 Å². The van der Waals surface area contributed by atoms with Gasteiger partial charge in [-0.2, -0.15) is 0 Å². The van der Waals surface area contributed by atoms with Crippen LogP contribution in [0.2, 0.25) is 0 Å². The molecule has 0 saturated heterocycles. The summed E-state index contributed by atoms with van der Waals surface area (Å²) < 4.78 is 4.22. The maximum Gasteiger partial charge on any atom is 0.267 e. The van der Waals surface area contributed by atoms with Gasteiger partial charge in [-0.15, -0.1) is 11.3 Å². The number of benzene rings is 1. The number of rotatable bonds is 6. The van der Waals surface area contributed by atoms with Crippen molar-refractivity contribution in [2.45, 2.75) is 19.9 Å². The number of nitrogens with one attached hydrogen (secondary N) is 1. The quantitative estimate of drug-likeness (QED) is 0.436. The van der Waals surface area contributed by atoms with E-state index in [0.29, 0.717) is 25.2 Å². The number of fused-ring (bicyclic) bond motifs is 1. The number of pyridine rings is 1. The second kappa shape index (κ2) is 8.29. The van der Waals surface area contributed by atoms with E-state index in [1.165, 1.54) is 11.1 Å². The minimum atomic E-state index is -0.0566. The fraction of sp³-hybridized carbons (Fsp3) is 0.182. The number of amides is 1. The topological polar surface area (TPSA) is 46.9 Å². The van der Waals surface area contributed by atoms with E-state index < -0.39 is 0 Å². The Hall–Kier alpha value is -2.44. The van der Waals surface area contributed by atoms with Crippen molar-refractivity contribution in [2.75, 3.05) is 6.54 Å². The Labute approximate surface area is 176 Å². The largest absolute Gasteiger partial charge is 0.350 e. The fourth-order valence-electron chi connectivity index (χ4n) is 3.32. The van der Waals surface area contributed by atoms with Crippen LogP contribution in [0.25, 0.3) is 10.2 Å². The van der Waals surface area contributed by atoms with E-state index in [0.717, 1.165) is 20.4 Å². The van der Waals surface area contributed by atoms with Crippen molar-refractivity contribution in [3.05, 3.63) is 87.1 Å². The first-order valence-electron chi connectivity index (χ1n) is 9.11. The highest BCUT2D eigenvalue weighted by Gasteiger charge is 2.19. The maximum absolute atomic E-state index is 12.9. The molecule has 4 aromatic rings. The normalized spacial score (nSPS) is 11.1. The SMILES string of the molecule is Cc1cccc(Cn2c(C(=O)NCCc3ccccn3)cc3scc(Br)c32)c1. The van der Waals surface area contributed by atoms with Gasteiger partial charge in [-0.05, 0) is 46.6 Å². The Balaban J connectivity index is 1.58. The molecule has 0 spiro atoms. The molecule has 3 heterocycles. The number of carbonyl (C=O) groups excluding carboxylic acids is 1. The summed E-state index contributed by atoms with van der Waals surface area (Å²) in [5.41, 5.74) is 5.12. The number of carbonyl (C=O) groups is 1. The lowest BCUT2D eigenvalue weighted by Gasteiger charge is -2.12. The molecule has 0 unspecified atom stereocenters. The van der Waals surface area contributed by atoms with Crippen LogP contribution in [0, 0.1) is 6.92 Å². The van der Waals surface area contributed by atoms with E-state index in [2.05, 4.69) is 67.4 Å². The van der Waals surface area contributed by atoms with Crippen LogP contribution in [-0.4, -0.2) is 22.0 Å². The summed E-state index contributed by atoms with van der Waals surface area (Å²) in [5, 5.41) is 5.11. The number of nitrogens with zero attached hydrogens (tertiary/aromatic N) is 2. The number of halogens is 1. The van der Waals surface area contributed by atoms with Crippen LogP contribution in [-0.2, 0) is 13.0 Å². The van der Waals surface area contributed by atoms with Gasteiger partial charge in [0.1, 0.15) is 5.69 Å². The molecule has 0 bridgehead atoms. The Morgan fingerprint density at radius 2 is 2.11 bits per heavy atom. The molecule has 1 amide bonds. The molecule has 0 atom stereocenters. The minimum absolute atomic E-state index is 0.0566. The van der Waals surface area contributed by atoms with Crippen LogP contribution in [0.5, 0.6) is 0 Å². The molecule has 0 fully saturated rings. The summed E-state index contributed by atoms with van der Waals surface area (Å²) in [6.45, 7) is 3.30. The summed E-state index contributed by atoms with van der Waals surface area (Å²) in [5.74, 6) is -0.0566. The molecule has 0 aliphatic rings. The van der Waals surface area contributed by atoms with E-state index >= 15 is 0 Å². The highest BCUT2D eigenvalue weighted by molar-refractivity contribution is 9.10. The monoisotopic (exact) mass is 453 g/mol. The maximum atomic E-state index is 12.9. The summed E-state index contributed by atoms with van der Waals surface area (Å²) in [6.07, 6.45) is 2.49. The molecule has 3 aromatic heterocycles. The van der Waals surface area contributed by atoms with E-state index in [9.17, 15) is 4.79 Å². The Morgan fingerprint density at radius 1 is 1.21 bits per heavy atom. The Bertz CT molecular complexity index is 1120. The number of hydrogen-bond acceptors (Lipinski definition) is 3. The zero-order chi connectivity index (χ0) is 19.5. The second-order valence-electron chi connectivity index (χ2n) is 6.73. The average Bonchev–Trinajstić information content (AvgIpc) is 3.23. The van der Waals surface area contributed by atoms with E-state index in [1.54, 1.807) is 17.5 Å². The Kier molecular flexibility index (Phi) is 5.59. The van der Waals surface area contributed by atoms with Crippen molar-refractivity contribution in [2.24, 2.45) is 0 Å². The first kappa shape index (κ1) is 18.9. The zero-order valence-electron chi connectivity index (χ0n) is 15.5. The van der Waals surface area contributed by atoms with Crippen molar-refractivity contribution >= 4 is 43.4 Å². The number of hydrogen-bond donors (Lipinski definition) is 1. The van der Waals surface area contributed by atoms with Crippen molar-refractivity contribution in [3.63, 3.8) is 0 Å². The molecule has 1 aromatic carbocycles. The van der Waals surface area contributed by atoms with Gasteiger partial charge in [-0.25, -0.2) is 0 Å². The van der Waals surface area contributed by atoms with Crippen LogP contribution in [0.15, 0.2) is 64.6 Å². The lowest BCUT2D eigenvalue weighted by molar-refractivity contribution is 0.0945. The summed E-state index contributed by atoms with van der Waals surface area (Å²) in [7, 11) is 0. The van der Waals surface area contributed by atoms with Gasteiger partial charge in [0.05, 0.1) is 14.7 Å². The lowest BCUT2D eigenvalue weighted by atomic mass is 10.1. The highest BCUT2D eigenvalue weighted by Crippen LogP contribution is 2.33. The third-order valence-corrected chi connectivity index (χ3v) is 6.45. The lowest BCUT2D eigenvalue weighted by Crippen LogP contribution is -2.28. The van der Waals surface area contributed by atoms with Gasteiger partial charge in [0.25, 0.3) is 5.91 Å². The molecule has 142 valence electrons. The van der Waals surface area contributed by atoms with Crippen LogP contribution >= 0.6 is 27.3 Å². The van der Waals surface area contributed by atoms with E-state index in [1.807, 2.05) is 24.3 Å². The van der Waals surface area contributed by atoms with Gasteiger partial charge in [0, 0.05) is 36.8 Å². The molecular weight excluding hydrogens is 434 g/mol. The van der Waals surface area contributed by atoms with Crippen LogP contribution < -0.4 is 5.32 Å².